The fourth-order valence-electron chi connectivity index (χ4n) is 2.18. The highest BCUT2D eigenvalue weighted by molar-refractivity contribution is 6.30. The van der Waals surface area contributed by atoms with Crippen LogP contribution < -0.4 is 10.7 Å². The molecule has 0 unspecified atom stereocenters. The van der Waals surface area contributed by atoms with Gasteiger partial charge >= 0.3 is 0 Å². The van der Waals surface area contributed by atoms with Crippen molar-refractivity contribution in [2.45, 2.75) is 0 Å². The molecule has 0 saturated carbocycles. The van der Waals surface area contributed by atoms with E-state index in [2.05, 4.69) is 20.8 Å². The van der Waals surface area contributed by atoms with Gasteiger partial charge in [0, 0.05) is 28.0 Å². The van der Waals surface area contributed by atoms with Crippen molar-refractivity contribution >= 4 is 35.3 Å². The number of rotatable bonds is 5. The molecule has 1 aromatic heterocycles. The van der Waals surface area contributed by atoms with Crippen molar-refractivity contribution in [2.24, 2.45) is 5.10 Å². The number of benzene rings is 2. The van der Waals surface area contributed by atoms with Crippen molar-refractivity contribution < 1.29 is 9.59 Å². The third kappa shape index (κ3) is 5.23. The molecule has 134 valence electrons. The van der Waals surface area contributed by atoms with Gasteiger partial charge in [0.2, 0.25) is 0 Å². The van der Waals surface area contributed by atoms with E-state index in [0.29, 0.717) is 27.5 Å². The maximum absolute atomic E-state index is 12.2. The number of carbonyl (C=O) groups is 2. The van der Waals surface area contributed by atoms with Crippen LogP contribution >= 0.6 is 11.6 Å². The molecule has 0 bridgehead atoms. The average molecular weight is 379 g/mol. The van der Waals surface area contributed by atoms with Gasteiger partial charge in [0.25, 0.3) is 11.8 Å². The maximum Gasteiger partial charge on any atom is 0.271 e. The number of nitrogens with zero attached hydrogens (tertiary/aromatic N) is 2. The molecule has 0 saturated heterocycles. The Morgan fingerprint density at radius 2 is 1.56 bits per heavy atom. The van der Waals surface area contributed by atoms with E-state index in [0.717, 1.165) is 0 Å². The summed E-state index contributed by atoms with van der Waals surface area (Å²) in [5.41, 5.74) is 4.54. The summed E-state index contributed by atoms with van der Waals surface area (Å²) in [6.07, 6.45) is 3.10. The second-order valence-corrected chi connectivity index (χ2v) is 5.93. The minimum Gasteiger partial charge on any atom is -0.322 e. The number of pyridine rings is 1. The van der Waals surface area contributed by atoms with Crippen molar-refractivity contribution in [1.82, 2.24) is 10.4 Å². The molecule has 2 amide bonds. The Morgan fingerprint density at radius 3 is 2.22 bits per heavy atom. The molecule has 0 atom stereocenters. The quantitative estimate of drug-likeness (QED) is 0.524. The van der Waals surface area contributed by atoms with Crippen molar-refractivity contribution in [1.29, 1.82) is 0 Å². The van der Waals surface area contributed by atoms with Gasteiger partial charge in [-0.15, -0.1) is 0 Å². The second-order valence-electron chi connectivity index (χ2n) is 5.49. The van der Waals surface area contributed by atoms with E-state index in [9.17, 15) is 9.59 Å². The molecule has 0 aliphatic heterocycles. The van der Waals surface area contributed by atoms with Gasteiger partial charge < -0.3 is 5.32 Å². The second kappa shape index (κ2) is 8.73. The first kappa shape index (κ1) is 18.3. The third-order valence-corrected chi connectivity index (χ3v) is 3.81. The van der Waals surface area contributed by atoms with Gasteiger partial charge in [0.05, 0.1) is 11.9 Å². The molecular formula is C20H15ClN4O2. The van der Waals surface area contributed by atoms with E-state index in [4.69, 9.17) is 11.6 Å². The van der Waals surface area contributed by atoms with Gasteiger partial charge in [-0.3, -0.25) is 14.6 Å². The predicted molar refractivity (Wildman–Crippen MR) is 105 cm³/mol. The maximum atomic E-state index is 12.2. The van der Waals surface area contributed by atoms with Gasteiger partial charge in [0.15, 0.2) is 0 Å². The highest BCUT2D eigenvalue weighted by Gasteiger charge is 2.08. The first-order valence-electron chi connectivity index (χ1n) is 8.03. The fraction of sp³-hybridized carbons (Fsp3) is 0. The molecule has 27 heavy (non-hydrogen) atoms. The highest BCUT2D eigenvalue weighted by atomic mass is 35.5. The molecule has 0 aliphatic rings. The molecule has 7 heteroatoms. The largest absolute Gasteiger partial charge is 0.322 e. The Labute approximate surface area is 160 Å². The van der Waals surface area contributed by atoms with Crippen LogP contribution in [0, 0.1) is 0 Å². The molecule has 2 N–H and O–H groups in total. The van der Waals surface area contributed by atoms with Gasteiger partial charge in [-0.05, 0) is 60.7 Å². The van der Waals surface area contributed by atoms with E-state index in [1.807, 2.05) is 6.07 Å². The first-order chi connectivity index (χ1) is 13.1. The molecule has 1 heterocycles. The van der Waals surface area contributed by atoms with Crippen LogP contribution in [-0.2, 0) is 0 Å². The summed E-state index contributed by atoms with van der Waals surface area (Å²) < 4.78 is 0. The zero-order valence-electron chi connectivity index (χ0n) is 14.1. The molecule has 0 spiro atoms. The smallest absolute Gasteiger partial charge is 0.271 e. The number of hydrazone groups is 1. The van der Waals surface area contributed by atoms with Gasteiger partial charge in [-0.1, -0.05) is 17.7 Å². The van der Waals surface area contributed by atoms with Crippen LogP contribution in [0.3, 0.4) is 0 Å². The number of hydrogen-bond acceptors (Lipinski definition) is 4. The summed E-state index contributed by atoms with van der Waals surface area (Å²) in [7, 11) is 0. The van der Waals surface area contributed by atoms with Crippen molar-refractivity contribution in [3.8, 4) is 0 Å². The first-order valence-corrected chi connectivity index (χ1v) is 8.41. The molecule has 0 fully saturated rings. The lowest BCUT2D eigenvalue weighted by Gasteiger charge is -2.06. The number of aromatic nitrogens is 1. The van der Waals surface area contributed by atoms with Crippen LogP contribution in [0.15, 0.2) is 78.0 Å². The lowest BCUT2D eigenvalue weighted by Crippen LogP contribution is -2.18. The molecule has 2 aromatic carbocycles. The summed E-state index contributed by atoms with van der Waals surface area (Å²) >= 11 is 5.81. The Morgan fingerprint density at radius 1 is 0.889 bits per heavy atom. The topological polar surface area (TPSA) is 83.4 Å². The molecule has 3 aromatic rings. The monoisotopic (exact) mass is 378 g/mol. The standard InChI is InChI=1S/C20H15ClN4O2/c21-16-8-4-14(5-9-16)19(26)24-17-10-6-15(7-11-17)20(27)25-23-13-18-3-1-2-12-22-18/h1-13H,(H,24,26)(H,25,27)/b23-13+. The molecular weight excluding hydrogens is 364 g/mol. The van der Waals surface area contributed by atoms with Crippen LogP contribution in [0.1, 0.15) is 26.4 Å². The predicted octanol–water partition coefficient (Wildman–Crippen LogP) is 3.75. The van der Waals surface area contributed by atoms with Crippen molar-refractivity contribution in [3.63, 3.8) is 0 Å². The fourth-order valence-corrected chi connectivity index (χ4v) is 2.31. The zero-order valence-corrected chi connectivity index (χ0v) is 14.9. The highest BCUT2D eigenvalue weighted by Crippen LogP contribution is 2.13. The van der Waals surface area contributed by atoms with Gasteiger partial charge in [-0.2, -0.15) is 5.10 Å². The van der Waals surface area contributed by atoms with Crippen LogP contribution in [0.2, 0.25) is 5.02 Å². The van der Waals surface area contributed by atoms with E-state index in [1.54, 1.807) is 66.9 Å². The number of carbonyl (C=O) groups excluding carboxylic acids is 2. The Kier molecular flexibility index (Phi) is 5.91. The summed E-state index contributed by atoms with van der Waals surface area (Å²) in [5, 5.41) is 7.19. The normalized spacial score (nSPS) is 10.6. The number of halogens is 1. The van der Waals surface area contributed by atoms with E-state index < -0.39 is 0 Å². The Balaban J connectivity index is 1.57. The van der Waals surface area contributed by atoms with Crippen molar-refractivity contribution in [3.05, 3.63) is 94.8 Å². The van der Waals surface area contributed by atoms with Gasteiger partial charge in [-0.25, -0.2) is 5.43 Å². The number of amides is 2. The summed E-state index contributed by atoms with van der Waals surface area (Å²) in [6.45, 7) is 0. The Bertz CT molecular complexity index is 956. The lowest BCUT2D eigenvalue weighted by molar-refractivity contribution is 0.0954. The van der Waals surface area contributed by atoms with Crippen LogP contribution in [0.5, 0.6) is 0 Å². The van der Waals surface area contributed by atoms with Crippen molar-refractivity contribution in [2.75, 3.05) is 5.32 Å². The molecule has 6 nitrogen and oxygen atoms in total. The number of hydrogen-bond donors (Lipinski definition) is 2. The number of anilines is 1. The van der Waals surface area contributed by atoms with Gasteiger partial charge in [0.1, 0.15) is 0 Å². The van der Waals surface area contributed by atoms with E-state index in [-0.39, 0.29) is 11.8 Å². The third-order valence-electron chi connectivity index (χ3n) is 3.56. The summed E-state index contributed by atoms with van der Waals surface area (Å²) in [5.74, 6) is -0.624. The minimum atomic E-state index is -0.363. The van der Waals surface area contributed by atoms with Crippen LogP contribution in [0.25, 0.3) is 0 Å². The molecule has 0 radical (unpaired) electrons. The van der Waals surface area contributed by atoms with E-state index >= 15 is 0 Å². The van der Waals surface area contributed by atoms with Crippen LogP contribution in [-0.4, -0.2) is 23.0 Å². The Hall–Kier alpha value is -3.51. The summed E-state index contributed by atoms with van der Waals surface area (Å²) in [6, 6.07) is 18.5. The van der Waals surface area contributed by atoms with E-state index in [1.165, 1.54) is 6.21 Å². The molecule has 0 aliphatic carbocycles. The molecule has 3 rings (SSSR count). The minimum absolute atomic E-state index is 0.260. The van der Waals surface area contributed by atoms with Crippen LogP contribution in [0.4, 0.5) is 5.69 Å². The lowest BCUT2D eigenvalue weighted by atomic mass is 10.1. The average Bonchev–Trinajstić information content (AvgIpc) is 2.70. The SMILES string of the molecule is O=C(N/N=C/c1ccccn1)c1ccc(NC(=O)c2ccc(Cl)cc2)cc1. The zero-order chi connectivity index (χ0) is 19.1. The summed E-state index contributed by atoms with van der Waals surface area (Å²) in [4.78, 5) is 28.3. The number of nitrogens with one attached hydrogen (secondary N) is 2.